The number of carbonyl (C=O) groups is 3. The van der Waals surface area contributed by atoms with Crippen molar-refractivity contribution in [2.45, 2.75) is 52.2 Å². The van der Waals surface area contributed by atoms with Crippen LogP contribution in [0.4, 0.5) is 0 Å². The number of ether oxygens (including phenoxy) is 4. The lowest BCUT2D eigenvalue weighted by molar-refractivity contribution is -0.255. The van der Waals surface area contributed by atoms with Crippen LogP contribution in [0.25, 0.3) is 0 Å². The Hall–Kier alpha value is -1.67. The number of hydrogen-bond donors (Lipinski definition) is 1. The molecule has 0 aliphatic carbocycles. The predicted octanol–water partition coefficient (Wildman–Crippen LogP) is -0.00670. The SMILES string of the molecule is CO[C@@H]1OC(COC(C)=O)[C@H](OC(C)=O)C(C)C1NC(C)=O. The topological polar surface area (TPSA) is 100 Å². The Morgan fingerprint density at radius 3 is 2.23 bits per heavy atom. The van der Waals surface area contributed by atoms with Gasteiger partial charge in [0.15, 0.2) is 6.29 Å². The summed E-state index contributed by atoms with van der Waals surface area (Å²) in [6, 6.07) is -0.486. The van der Waals surface area contributed by atoms with Gasteiger partial charge < -0.3 is 24.3 Å². The minimum Gasteiger partial charge on any atom is -0.463 e. The number of amides is 1. The van der Waals surface area contributed by atoms with Gasteiger partial charge in [-0.1, -0.05) is 6.92 Å². The summed E-state index contributed by atoms with van der Waals surface area (Å²) in [6.45, 7) is 5.69. The highest BCUT2D eigenvalue weighted by atomic mass is 16.7. The van der Waals surface area contributed by atoms with E-state index in [1.165, 1.54) is 27.9 Å². The molecule has 0 spiro atoms. The smallest absolute Gasteiger partial charge is 0.303 e. The van der Waals surface area contributed by atoms with E-state index in [1.807, 2.05) is 6.92 Å². The van der Waals surface area contributed by atoms with Crippen LogP contribution in [0.15, 0.2) is 0 Å². The van der Waals surface area contributed by atoms with Gasteiger partial charge in [0.2, 0.25) is 5.91 Å². The number of methoxy groups -OCH3 is 1. The monoisotopic (exact) mass is 317 g/mol. The van der Waals surface area contributed by atoms with Crippen molar-refractivity contribution in [2.24, 2.45) is 5.92 Å². The molecule has 126 valence electrons. The maximum Gasteiger partial charge on any atom is 0.303 e. The van der Waals surface area contributed by atoms with Crippen LogP contribution in [0.5, 0.6) is 0 Å². The van der Waals surface area contributed by atoms with Gasteiger partial charge in [-0.05, 0) is 0 Å². The van der Waals surface area contributed by atoms with Crippen LogP contribution in [-0.4, -0.2) is 56.1 Å². The lowest BCUT2D eigenvalue weighted by Gasteiger charge is -2.44. The molecule has 1 aliphatic rings. The lowest BCUT2D eigenvalue weighted by Crippen LogP contribution is -2.61. The van der Waals surface area contributed by atoms with Gasteiger partial charge in [0.25, 0.3) is 0 Å². The normalized spacial score (nSPS) is 31.2. The molecule has 1 rings (SSSR count). The van der Waals surface area contributed by atoms with Gasteiger partial charge in [-0.3, -0.25) is 14.4 Å². The fourth-order valence-electron chi connectivity index (χ4n) is 2.47. The van der Waals surface area contributed by atoms with Gasteiger partial charge in [0, 0.05) is 33.8 Å². The first-order valence-electron chi connectivity index (χ1n) is 7.02. The Labute approximate surface area is 129 Å². The van der Waals surface area contributed by atoms with Crippen molar-refractivity contribution in [3.63, 3.8) is 0 Å². The molecule has 0 saturated carbocycles. The van der Waals surface area contributed by atoms with Gasteiger partial charge in [-0.25, -0.2) is 0 Å². The molecule has 1 saturated heterocycles. The Morgan fingerprint density at radius 1 is 1.14 bits per heavy atom. The quantitative estimate of drug-likeness (QED) is 0.712. The Balaban J connectivity index is 2.94. The number of esters is 2. The molecular weight excluding hydrogens is 294 g/mol. The first-order valence-corrected chi connectivity index (χ1v) is 7.02. The molecule has 0 aromatic rings. The molecule has 0 aromatic carbocycles. The van der Waals surface area contributed by atoms with Gasteiger partial charge in [-0.2, -0.15) is 0 Å². The van der Waals surface area contributed by atoms with E-state index >= 15 is 0 Å². The van der Waals surface area contributed by atoms with E-state index in [9.17, 15) is 14.4 Å². The molecule has 0 aromatic heterocycles. The van der Waals surface area contributed by atoms with Crippen molar-refractivity contribution in [3.05, 3.63) is 0 Å². The molecule has 1 amide bonds. The molecule has 8 nitrogen and oxygen atoms in total. The van der Waals surface area contributed by atoms with Crippen molar-refractivity contribution >= 4 is 17.8 Å². The fourth-order valence-corrected chi connectivity index (χ4v) is 2.47. The van der Waals surface area contributed by atoms with Crippen molar-refractivity contribution in [3.8, 4) is 0 Å². The van der Waals surface area contributed by atoms with E-state index in [0.717, 1.165) is 0 Å². The first-order chi connectivity index (χ1) is 10.3. The molecular formula is C14H23NO7. The van der Waals surface area contributed by atoms with Gasteiger partial charge >= 0.3 is 11.9 Å². The largest absolute Gasteiger partial charge is 0.463 e. The van der Waals surface area contributed by atoms with E-state index in [1.54, 1.807) is 0 Å². The van der Waals surface area contributed by atoms with Crippen LogP contribution < -0.4 is 5.32 Å². The fraction of sp³-hybridized carbons (Fsp3) is 0.786. The highest BCUT2D eigenvalue weighted by molar-refractivity contribution is 5.73. The van der Waals surface area contributed by atoms with Crippen LogP contribution >= 0.6 is 0 Å². The molecule has 5 atom stereocenters. The third-order valence-corrected chi connectivity index (χ3v) is 3.41. The molecule has 1 N–H and O–H groups in total. The average Bonchev–Trinajstić information content (AvgIpc) is 2.41. The summed E-state index contributed by atoms with van der Waals surface area (Å²) in [6.07, 6.45) is -2.07. The van der Waals surface area contributed by atoms with Gasteiger partial charge in [0.05, 0.1) is 6.04 Å². The van der Waals surface area contributed by atoms with E-state index in [0.29, 0.717) is 0 Å². The highest BCUT2D eigenvalue weighted by Crippen LogP contribution is 2.29. The zero-order valence-corrected chi connectivity index (χ0v) is 13.5. The van der Waals surface area contributed by atoms with Crippen molar-refractivity contribution in [1.29, 1.82) is 0 Å². The zero-order chi connectivity index (χ0) is 16.9. The lowest BCUT2D eigenvalue weighted by atomic mass is 9.88. The Bertz CT molecular complexity index is 423. The second-order valence-electron chi connectivity index (χ2n) is 5.24. The zero-order valence-electron chi connectivity index (χ0n) is 13.5. The van der Waals surface area contributed by atoms with Crippen molar-refractivity contribution in [2.75, 3.05) is 13.7 Å². The average molecular weight is 317 g/mol. The third kappa shape index (κ3) is 4.96. The molecule has 1 fully saturated rings. The molecule has 8 heteroatoms. The Morgan fingerprint density at radius 2 is 1.77 bits per heavy atom. The van der Waals surface area contributed by atoms with Crippen molar-refractivity contribution in [1.82, 2.24) is 5.32 Å². The van der Waals surface area contributed by atoms with E-state index < -0.39 is 36.5 Å². The first kappa shape index (κ1) is 18.4. The molecule has 1 aliphatic heterocycles. The number of hydrogen-bond acceptors (Lipinski definition) is 7. The van der Waals surface area contributed by atoms with Crippen molar-refractivity contribution < 1.29 is 33.3 Å². The second kappa shape index (κ2) is 8.09. The maximum absolute atomic E-state index is 11.3. The maximum atomic E-state index is 11.3. The van der Waals surface area contributed by atoms with Crippen LogP contribution in [0.2, 0.25) is 0 Å². The minimum atomic E-state index is -0.730. The molecule has 0 bridgehead atoms. The summed E-state index contributed by atoms with van der Waals surface area (Å²) >= 11 is 0. The van der Waals surface area contributed by atoms with E-state index in [2.05, 4.69) is 5.32 Å². The molecule has 3 unspecified atom stereocenters. The predicted molar refractivity (Wildman–Crippen MR) is 74.6 cm³/mol. The summed E-state index contributed by atoms with van der Waals surface area (Å²) in [5.74, 6) is -1.48. The summed E-state index contributed by atoms with van der Waals surface area (Å²) in [7, 11) is 1.45. The molecule has 22 heavy (non-hydrogen) atoms. The van der Waals surface area contributed by atoms with E-state index in [4.69, 9.17) is 18.9 Å². The standard InChI is InChI=1S/C14H23NO7/c1-7-12(15-8(2)16)14(19-5)22-11(6-20-9(3)17)13(7)21-10(4)18/h7,11-14H,6H2,1-5H3,(H,15,16)/t7?,11?,12?,13-,14-/m1/s1. The molecule has 0 radical (unpaired) electrons. The number of nitrogens with one attached hydrogen (secondary N) is 1. The summed E-state index contributed by atoms with van der Waals surface area (Å²) in [5.41, 5.74) is 0. The Kier molecular flexibility index (Phi) is 6.76. The van der Waals surface area contributed by atoms with Gasteiger partial charge in [-0.15, -0.1) is 0 Å². The van der Waals surface area contributed by atoms with Crippen LogP contribution in [0.1, 0.15) is 27.7 Å². The second-order valence-corrected chi connectivity index (χ2v) is 5.24. The minimum absolute atomic E-state index is 0.0652. The molecule has 1 heterocycles. The third-order valence-electron chi connectivity index (χ3n) is 3.41. The van der Waals surface area contributed by atoms with Gasteiger partial charge in [0.1, 0.15) is 18.8 Å². The van der Waals surface area contributed by atoms with Crippen LogP contribution in [0, 0.1) is 5.92 Å². The van der Waals surface area contributed by atoms with E-state index in [-0.39, 0.29) is 18.4 Å². The highest BCUT2D eigenvalue weighted by Gasteiger charge is 2.46. The van der Waals surface area contributed by atoms with Crippen LogP contribution in [0.3, 0.4) is 0 Å². The summed E-state index contributed by atoms with van der Waals surface area (Å²) in [5, 5.41) is 2.73. The van der Waals surface area contributed by atoms with Crippen LogP contribution in [-0.2, 0) is 33.3 Å². The number of carbonyl (C=O) groups excluding carboxylic acids is 3. The summed E-state index contributed by atoms with van der Waals surface area (Å²) in [4.78, 5) is 33.6. The number of rotatable bonds is 5. The summed E-state index contributed by atoms with van der Waals surface area (Å²) < 4.78 is 21.2.